The van der Waals surface area contributed by atoms with Crippen molar-refractivity contribution in [3.8, 4) is 5.75 Å². The molecule has 0 aromatic heterocycles. The molecule has 0 unspecified atom stereocenters. The molecule has 6 heteroatoms. The number of guanidine groups is 1. The van der Waals surface area contributed by atoms with E-state index in [1.54, 1.807) is 26.3 Å². The predicted octanol–water partition coefficient (Wildman–Crippen LogP) is 3.71. The van der Waals surface area contributed by atoms with Crippen LogP contribution >= 0.6 is 24.0 Å². The summed E-state index contributed by atoms with van der Waals surface area (Å²) in [6.45, 7) is 3.50. The van der Waals surface area contributed by atoms with Gasteiger partial charge in [0.05, 0.1) is 7.11 Å². The number of aliphatic imine (C=N–C) groups is 1. The first kappa shape index (κ1) is 22.2. The molecule has 26 heavy (non-hydrogen) atoms. The molecule has 0 heterocycles. The van der Waals surface area contributed by atoms with E-state index in [1.807, 2.05) is 13.0 Å². The quantitative estimate of drug-likeness (QED) is 0.368. The molecule has 0 fully saturated rings. The van der Waals surface area contributed by atoms with E-state index in [0.717, 1.165) is 42.2 Å². The number of hydrogen-bond acceptors (Lipinski definition) is 2. The molecule has 4 nitrogen and oxygen atoms in total. The molecule has 2 N–H and O–H groups in total. The molecule has 0 spiro atoms. The second kappa shape index (κ2) is 11.7. The highest BCUT2D eigenvalue weighted by Gasteiger charge is 2.02. The first-order chi connectivity index (χ1) is 12.1. The summed E-state index contributed by atoms with van der Waals surface area (Å²) in [7, 11) is 3.43. The van der Waals surface area contributed by atoms with Gasteiger partial charge in [-0.25, -0.2) is 4.39 Å². The van der Waals surface area contributed by atoms with Crippen molar-refractivity contribution in [3.63, 3.8) is 0 Å². The molecule has 0 saturated carbocycles. The molecule has 0 radical (unpaired) electrons. The van der Waals surface area contributed by atoms with Gasteiger partial charge in [0.2, 0.25) is 0 Å². The van der Waals surface area contributed by atoms with Crippen LogP contribution in [0.1, 0.15) is 16.7 Å². The third-order valence-electron chi connectivity index (χ3n) is 4.00. The molecule has 0 amide bonds. The molecule has 142 valence electrons. The SMILES string of the molecule is CN=C(NCCc1cccc(F)c1)NCCc1ccc(C)c(OC)c1.I. The second-order valence-corrected chi connectivity index (χ2v) is 5.86. The van der Waals surface area contributed by atoms with Crippen LogP contribution in [0.25, 0.3) is 0 Å². The lowest BCUT2D eigenvalue weighted by atomic mass is 10.1. The monoisotopic (exact) mass is 471 g/mol. The lowest BCUT2D eigenvalue weighted by molar-refractivity contribution is 0.411. The zero-order chi connectivity index (χ0) is 18.1. The minimum absolute atomic E-state index is 0. The van der Waals surface area contributed by atoms with Crippen LogP contribution in [-0.4, -0.2) is 33.2 Å². The topological polar surface area (TPSA) is 45.7 Å². The van der Waals surface area contributed by atoms with Gasteiger partial charge in [0.15, 0.2) is 5.96 Å². The Morgan fingerprint density at radius 1 is 1.04 bits per heavy atom. The van der Waals surface area contributed by atoms with Crippen molar-refractivity contribution >= 4 is 29.9 Å². The molecular formula is C20H27FIN3O. The maximum Gasteiger partial charge on any atom is 0.190 e. The van der Waals surface area contributed by atoms with E-state index < -0.39 is 0 Å². The van der Waals surface area contributed by atoms with E-state index in [0.29, 0.717) is 6.54 Å². The fourth-order valence-corrected chi connectivity index (χ4v) is 2.58. The van der Waals surface area contributed by atoms with E-state index >= 15 is 0 Å². The smallest absolute Gasteiger partial charge is 0.190 e. The Balaban J connectivity index is 0.00000338. The highest BCUT2D eigenvalue weighted by atomic mass is 127. The third-order valence-corrected chi connectivity index (χ3v) is 4.00. The van der Waals surface area contributed by atoms with Crippen LogP contribution in [0, 0.1) is 12.7 Å². The largest absolute Gasteiger partial charge is 0.496 e. The lowest BCUT2D eigenvalue weighted by Crippen LogP contribution is -2.39. The van der Waals surface area contributed by atoms with Gasteiger partial charge in [-0.05, 0) is 54.7 Å². The molecular weight excluding hydrogens is 444 g/mol. The molecule has 2 rings (SSSR count). The summed E-state index contributed by atoms with van der Waals surface area (Å²) < 4.78 is 18.5. The minimum Gasteiger partial charge on any atom is -0.496 e. The number of hydrogen-bond donors (Lipinski definition) is 2. The van der Waals surface area contributed by atoms with Gasteiger partial charge in [-0.2, -0.15) is 0 Å². The number of ether oxygens (including phenoxy) is 1. The molecule has 0 atom stereocenters. The fourth-order valence-electron chi connectivity index (χ4n) is 2.58. The average Bonchev–Trinajstić information content (AvgIpc) is 2.61. The van der Waals surface area contributed by atoms with Gasteiger partial charge < -0.3 is 15.4 Å². The van der Waals surface area contributed by atoms with Crippen molar-refractivity contribution < 1.29 is 9.13 Å². The van der Waals surface area contributed by atoms with E-state index in [4.69, 9.17) is 4.74 Å². The maximum absolute atomic E-state index is 13.2. The van der Waals surface area contributed by atoms with Crippen LogP contribution in [-0.2, 0) is 12.8 Å². The first-order valence-electron chi connectivity index (χ1n) is 8.45. The normalized spacial score (nSPS) is 10.8. The lowest BCUT2D eigenvalue weighted by Gasteiger charge is -2.12. The Hall–Kier alpha value is -1.83. The zero-order valence-electron chi connectivity index (χ0n) is 15.5. The number of benzene rings is 2. The second-order valence-electron chi connectivity index (χ2n) is 5.86. The summed E-state index contributed by atoms with van der Waals surface area (Å²) in [6, 6.07) is 12.9. The van der Waals surface area contributed by atoms with Gasteiger partial charge >= 0.3 is 0 Å². The summed E-state index contributed by atoms with van der Waals surface area (Å²) >= 11 is 0. The molecule has 0 bridgehead atoms. The number of methoxy groups -OCH3 is 1. The Morgan fingerprint density at radius 2 is 1.69 bits per heavy atom. The zero-order valence-corrected chi connectivity index (χ0v) is 17.8. The van der Waals surface area contributed by atoms with Crippen LogP contribution in [0.2, 0.25) is 0 Å². The Kier molecular flexibility index (Phi) is 10.0. The summed E-state index contributed by atoms with van der Waals surface area (Å²) in [5, 5.41) is 6.54. The van der Waals surface area contributed by atoms with Crippen molar-refractivity contribution in [2.75, 3.05) is 27.2 Å². The van der Waals surface area contributed by atoms with Crippen molar-refractivity contribution in [1.29, 1.82) is 0 Å². The fraction of sp³-hybridized carbons (Fsp3) is 0.350. The van der Waals surface area contributed by atoms with Gasteiger partial charge in [0.1, 0.15) is 11.6 Å². The molecule has 0 saturated heterocycles. The highest BCUT2D eigenvalue weighted by Crippen LogP contribution is 2.18. The van der Waals surface area contributed by atoms with Crippen LogP contribution in [0.5, 0.6) is 5.75 Å². The van der Waals surface area contributed by atoms with Gasteiger partial charge in [0, 0.05) is 20.1 Å². The van der Waals surface area contributed by atoms with Crippen LogP contribution in [0.4, 0.5) is 4.39 Å². The predicted molar refractivity (Wildman–Crippen MR) is 116 cm³/mol. The van der Waals surface area contributed by atoms with Gasteiger partial charge in [-0.15, -0.1) is 24.0 Å². The number of halogens is 2. The first-order valence-corrected chi connectivity index (χ1v) is 8.45. The summed E-state index contributed by atoms with van der Waals surface area (Å²) in [5.74, 6) is 1.46. The van der Waals surface area contributed by atoms with Gasteiger partial charge in [0.25, 0.3) is 0 Å². The van der Waals surface area contributed by atoms with E-state index in [9.17, 15) is 4.39 Å². The third kappa shape index (κ3) is 7.19. The number of aryl methyl sites for hydroxylation is 1. The molecule has 0 aliphatic carbocycles. The molecule has 0 aliphatic heterocycles. The van der Waals surface area contributed by atoms with Crippen LogP contribution in [0.15, 0.2) is 47.5 Å². The van der Waals surface area contributed by atoms with Gasteiger partial charge in [-0.3, -0.25) is 4.99 Å². The minimum atomic E-state index is -0.200. The Labute approximate surface area is 172 Å². The molecule has 2 aromatic rings. The molecule has 0 aliphatic rings. The van der Waals surface area contributed by atoms with Crippen molar-refractivity contribution in [2.24, 2.45) is 4.99 Å². The number of nitrogens with zero attached hydrogens (tertiary/aromatic N) is 1. The Morgan fingerprint density at radius 3 is 2.27 bits per heavy atom. The van der Waals surface area contributed by atoms with Crippen LogP contribution < -0.4 is 15.4 Å². The van der Waals surface area contributed by atoms with Crippen molar-refractivity contribution in [1.82, 2.24) is 10.6 Å². The number of rotatable bonds is 7. The average molecular weight is 471 g/mol. The number of nitrogens with one attached hydrogen (secondary N) is 2. The standard InChI is InChI=1S/C20H26FN3O.HI/c1-15-7-8-17(14-19(15)25-3)10-12-24-20(22-2)23-11-9-16-5-4-6-18(21)13-16;/h4-8,13-14H,9-12H2,1-3H3,(H2,22,23,24);1H. The Bertz CT molecular complexity index is 722. The van der Waals surface area contributed by atoms with Crippen molar-refractivity contribution in [2.45, 2.75) is 19.8 Å². The van der Waals surface area contributed by atoms with Gasteiger partial charge in [-0.1, -0.05) is 24.3 Å². The maximum atomic E-state index is 13.2. The van der Waals surface area contributed by atoms with Crippen molar-refractivity contribution in [3.05, 3.63) is 65.0 Å². The summed E-state index contributed by atoms with van der Waals surface area (Å²) in [6.07, 6.45) is 1.62. The van der Waals surface area contributed by atoms with E-state index in [1.165, 1.54) is 11.6 Å². The van der Waals surface area contributed by atoms with E-state index in [-0.39, 0.29) is 29.8 Å². The molecule has 2 aromatic carbocycles. The van der Waals surface area contributed by atoms with E-state index in [2.05, 4.69) is 33.8 Å². The highest BCUT2D eigenvalue weighted by molar-refractivity contribution is 14.0. The summed E-state index contributed by atoms with van der Waals surface area (Å²) in [5.41, 5.74) is 3.31. The van der Waals surface area contributed by atoms with Crippen LogP contribution in [0.3, 0.4) is 0 Å². The summed E-state index contributed by atoms with van der Waals surface area (Å²) in [4.78, 5) is 4.21.